The molecule has 22 heavy (non-hydrogen) atoms. The van der Waals surface area contributed by atoms with Crippen LogP contribution in [0.5, 0.6) is 0 Å². The van der Waals surface area contributed by atoms with E-state index in [1.54, 1.807) is 42.5 Å². The van der Waals surface area contributed by atoms with Crippen molar-refractivity contribution in [1.82, 2.24) is 4.90 Å². The number of fused-ring (bicyclic) bond motifs is 1. The fraction of sp³-hybridized carbons (Fsp3) is 0.188. The Morgan fingerprint density at radius 1 is 0.864 bits per heavy atom. The number of hydrogen-bond acceptors (Lipinski definition) is 1. The molecule has 3 rings (SSSR count). The van der Waals surface area contributed by atoms with Gasteiger partial charge in [0.05, 0.1) is 31.4 Å². The Bertz CT molecular complexity index is 715. The van der Waals surface area contributed by atoms with Crippen molar-refractivity contribution in [2.45, 2.75) is 10.6 Å². The van der Waals surface area contributed by atoms with Crippen molar-refractivity contribution in [1.29, 1.82) is 0 Å². The van der Waals surface area contributed by atoms with Crippen molar-refractivity contribution in [3.63, 3.8) is 0 Å². The molecular weight excluding hydrogens is 265 g/mol. The zero-order valence-electron chi connectivity index (χ0n) is 12.1. The molecular formula is C16H11B4NO. The highest BCUT2D eigenvalue weighted by Gasteiger charge is 2.42. The van der Waals surface area contributed by atoms with Crippen LogP contribution >= 0.6 is 0 Å². The van der Waals surface area contributed by atoms with E-state index in [0.717, 1.165) is 0 Å². The van der Waals surface area contributed by atoms with Gasteiger partial charge in [-0.25, -0.2) is 0 Å². The maximum Gasteiger partial charge on any atom is 0.253 e. The zero-order valence-corrected chi connectivity index (χ0v) is 12.1. The van der Waals surface area contributed by atoms with Gasteiger partial charge in [-0.3, -0.25) is 4.79 Å². The Morgan fingerprint density at radius 2 is 1.41 bits per heavy atom. The molecule has 2 nitrogen and oxygen atoms in total. The quantitative estimate of drug-likeness (QED) is 0.705. The number of benzene rings is 2. The molecule has 0 aliphatic carbocycles. The molecule has 0 atom stereocenters. The first kappa shape index (κ1) is 15.1. The van der Waals surface area contributed by atoms with E-state index in [0.29, 0.717) is 16.7 Å². The molecule has 0 saturated carbocycles. The van der Waals surface area contributed by atoms with Gasteiger partial charge in [-0.1, -0.05) is 53.2 Å². The highest BCUT2D eigenvalue weighted by molar-refractivity contribution is 6.44. The highest BCUT2D eigenvalue weighted by atomic mass is 16.2. The van der Waals surface area contributed by atoms with Crippen LogP contribution in [0.1, 0.15) is 21.5 Å². The Labute approximate surface area is 135 Å². The Kier molecular flexibility index (Phi) is 3.51. The average Bonchev–Trinajstić information content (AvgIpc) is 2.52. The van der Waals surface area contributed by atoms with E-state index in [9.17, 15) is 4.79 Å². The highest BCUT2D eigenvalue weighted by Crippen LogP contribution is 2.38. The van der Waals surface area contributed by atoms with Gasteiger partial charge < -0.3 is 4.90 Å². The molecule has 0 saturated heterocycles. The van der Waals surface area contributed by atoms with Crippen molar-refractivity contribution in [3.05, 3.63) is 71.3 Å². The largest absolute Gasteiger partial charge is 0.347 e. The van der Waals surface area contributed by atoms with Crippen molar-refractivity contribution in [3.8, 4) is 0 Å². The summed E-state index contributed by atoms with van der Waals surface area (Å²) in [7, 11) is 24.9. The molecule has 8 radical (unpaired) electrons. The number of amides is 1. The molecule has 0 aromatic heterocycles. The van der Waals surface area contributed by atoms with Crippen molar-refractivity contribution in [2.75, 3.05) is 6.54 Å². The third-order valence-corrected chi connectivity index (χ3v) is 3.99. The van der Waals surface area contributed by atoms with E-state index in [1.807, 2.05) is 12.1 Å². The van der Waals surface area contributed by atoms with Crippen LogP contribution in [0.15, 0.2) is 54.6 Å². The second-order valence-corrected chi connectivity index (χ2v) is 5.67. The maximum atomic E-state index is 12.8. The van der Waals surface area contributed by atoms with Crippen LogP contribution in [-0.2, 0) is 10.6 Å². The first-order valence-corrected chi connectivity index (χ1v) is 6.96. The van der Waals surface area contributed by atoms with Crippen LogP contribution in [0.2, 0.25) is 0 Å². The molecule has 1 aliphatic heterocycles. The molecule has 2 aromatic carbocycles. The number of carbonyl (C=O) groups excluding carboxylic acids is 1. The van der Waals surface area contributed by atoms with E-state index >= 15 is 0 Å². The maximum absolute atomic E-state index is 12.8. The molecule has 0 fully saturated rings. The monoisotopic (exact) mass is 277 g/mol. The fourth-order valence-electron chi connectivity index (χ4n) is 2.84. The summed E-state index contributed by atoms with van der Waals surface area (Å²) in [5.41, 5.74) is 1.69. The lowest BCUT2D eigenvalue weighted by Crippen LogP contribution is -2.60. The minimum Gasteiger partial charge on any atom is -0.347 e. The van der Waals surface area contributed by atoms with Crippen molar-refractivity contribution < 1.29 is 4.79 Å². The predicted molar refractivity (Wildman–Crippen MR) is 90.3 cm³/mol. The third kappa shape index (κ3) is 2.31. The summed E-state index contributed by atoms with van der Waals surface area (Å²) >= 11 is 0. The van der Waals surface area contributed by atoms with Gasteiger partial charge in [0.2, 0.25) is 0 Å². The zero-order chi connectivity index (χ0) is 16.0. The van der Waals surface area contributed by atoms with Crippen LogP contribution in [-0.4, -0.2) is 48.7 Å². The van der Waals surface area contributed by atoms with Crippen LogP contribution in [0.25, 0.3) is 0 Å². The van der Waals surface area contributed by atoms with Gasteiger partial charge in [-0.2, -0.15) is 0 Å². The normalized spacial score (nSPS) is 18.5. The minimum absolute atomic E-state index is 0.0325. The molecule has 0 spiro atoms. The number of nitrogens with zero attached hydrogens (tertiary/aromatic N) is 1. The summed E-state index contributed by atoms with van der Waals surface area (Å²) in [6.07, 6.45) is 0. The van der Waals surface area contributed by atoms with E-state index in [-0.39, 0.29) is 12.5 Å². The van der Waals surface area contributed by atoms with Crippen molar-refractivity contribution in [2.24, 2.45) is 0 Å². The van der Waals surface area contributed by atoms with E-state index < -0.39 is 10.6 Å². The van der Waals surface area contributed by atoms with Gasteiger partial charge in [0.25, 0.3) is 5.91 Å². The topological polar surface area (TPSA) is 20.3 Å². The molecule has 1 aliphatic rings. The lowest BCUT2D eigenvalue weighted by atomic mass is 9.43. The summed E-state index contributed by atoms with van der Waals surface area (Å²) in [5, 5.41) is -2.67. The predicted octanol–water partition coefficient (Wildman–Crippen LogP) is 0.780. The number of hydrogen-bond donors (Lipinski definition) is 0. The van der Waals surface area contributed by atoms with Crippen molar-refractivity contribution >= 4 is 37.3 Å². The molecule has 0 unspecified atom stereocenters. The van der Waals surface area contributed by atoms with E-state index in [1.165, 1.54) is 4.90 Å². The summed E-state index contributed by atoms with van der Waals surface area (Å²) in [6.45, 7) is 0.0325. The minimum atomic E-state index is -1.47. The van der Waals surface area contributed by atoms with E-state index in [2.05, 4.69) is 0 Å². The summed E-state index contributed by atoms with van der Waals surface area (Å²) in [4.78, 5) is 14.1. The molecule has 98 valence electrons. The average molecular weight is 277 g/mol. The Morgan fingerprint density at radius 3 is 2.05 bits per heavy atom. The number of rotatable bonds is 1. The SMILES string of the molecule is [B]C1([B])CN(C(=O)c2ccccc2)C([B])([B])c2ccccc21. The summed E-state index contributed by atoms with van der Waals surface area (Å²) in [6, 6.07) is 15.9. The van der Waals surface area contributed by atoms with Gasteiger partial charge in [-0.15, -0.1) is 0 Å². The molecule has 0 N–H and O–H groups in total. The molecule has 1 amide bonds. The van der Waals surface area contributed by atoms with Gasteiger partial charge in [0.1, 0.15) is 0 Å². The van der Waals surface area contributed by atoms with Gasteiger partial charge in [0.15, 0.2) is 0 Å². The first-order valence-electron chi connectivity index (χ1n) is 6.96. The van der Waals surface area contributed by atoms with Crippen LogP contribution in [0, 0.1) is 0 Å². The second kappa shape index (κ2) is 5.12. The van der Waals surface area contributed by atoms with Gasteiger partial charge in [-0.05, 0) is 23.0 Å². The first-order chi connectivity index (χ1) is 10.3. The Hall–Kier alpha value is -1.83. The van der Waals surface area contributed by atoms with Gasteiger partial charge in [0, 0.05) is 12.1 Å². The fourth-order valence-corrected chi connectivity index (χ4v) is 2.84. The van der Waals surface area contributed by atoms with Crippen LogP contribution < -0.4 is 0 Å². The van der Waals surface area contributed by atoms with E-state index in [4.69, 9.17) is 31.4 Å². The smallest absolute Gasteiger partial charge is 0.253 e. The van der Waals surface area contributed by atoms with Crippen LogP contribution in [0.3, 0.4) is 0 Å². The lowest BCUT2D eigenvalue weighted by molar-refractivity contribution is 0.0676. The summed E-state index contributed by atoms with van der Waals surface area (Å²) in [5.74, 6) is -0.305. The lowest BCUT2D eigenvalue weighted by Gasteiger charge is -2.52. The molecule has 2 aromatic rings. The molecule has 0 bridgehead atoms. The van der Waals surface area contributed by atoms with Gasteiger partial charge >= 0.3 is 0 Å². The van der Waals surface area contributed by atoms with Crippen LogP contribution in [0.4, 0.5) is 0 Å². The standard InChI is InChI=1S/C16H11B4NO/c17-15(18)10-21(14(22)11-6-2-1-3-7-11)16(19,20)13-9-5-4-8-12(13)15/h1-9H,10H2. The molecule has 6 heteroatoms. The third-order valence-electron chi connectivity index (χ3n) is 3.99. The second-order valence-electron chi connectivity index (χ2n) is 5.67. The summed E-state index contributed by atoms with van der Waals surface area (Å²) < 4.78 is 0. The Balaban J connectivity index is 2.10. The number of carbonyl (C=O) groups is 1. The molecule has 1 heterocycles.